The molecule has 1 fully saturated rings. The SMILES string of the molecule is O=C(CCl)NCc1[nH]ncc1C1CCC1. The van der Waals surface area contributed by atoms with Crippen molar-refractivity contribution in [3.05, 3.63) is 17.5 Å². The lowest BCUT2D eigenvalue weighted by molar-refractivity contribution is -0.118. The van der Waals surface area contributed by atoms with E-state index in [1.807, 2.05) is 6.20 Å². The summed E-state index contributed by atoms with van der Waals surface area (Å²) in [4.78, 5) is 11.0. The average Bonchev–Trinajstić information content (AvgIpc) is 2.60. The van der Waals surface area contributed by atoms with Crippen molar-refractivity contribution < 1.29 is 4.79 Å². The maximum Gasteiger partial charge on any atom is 0.235 e. The normalized spacial score (nSPS) is 16.1. The summed E-state index contributed by atoms with van der Waals surface area (Å²) in [6.45, 7) is 0.497. The Labute approximate surface area is 93.4 Å². The maximum absolute atomic E-state index is 11.0. The standard InChI is InChI=1S/C10H14ClN3O/c11-4-10(15)12-6-9-8(5-13-14-9)7-2-1-3-7/h5,7H,1-4,6H2,(H,12,15)(H,13,14). The summed E-state index contributed by atoms with van der Waals surface area (Å²) in [7, 11) is 0. The minimum absolute atomic E-state index is 0.00684. The van der Waals surface area contributed by atoms with Gasteiger partial charge in [0.2, 0.25) is 5.91 Å². The van der Waals surface area contributed by atoms with E-state index in [1.54, 1.807) is 0 Å². The Morgan fingerprint density at radius 3 is 3.07 bits per heavy atom. The van der Waals surface area contributed by atoms with Crippen molar-refractivity contribution in [3.63, 3.8) is 0 Å². The molecule has 15 heavy (non-hydrogen) atoms. The van der Waals surface area contributed by atoms with Crippen LogP contribution in [0.5, 0.6) is 0 Å². The fourth-order valence-electron chi connectivity index (χ4n) is 1.77. The number of alkyl halides is 1. The molecule has 0 unspecified atom stereocenters. The molecule has 1 aliphatic carbocycles. The van der Waals surface area contributed by atoms with Crippen molar-refractivity contribution >= 4 is 17.5 Å². The van der Waals surface area contributed by atoms with Crippen LogP contribution in [0.15, 0.2) is 6.20 Å². The number of rotatable bonds is 4. The molecule has 0 saturated heterocycles. The van der Waals surface area contributed by atoms with Gasteiger partial charge in [-0.25, -0.2) is 0 Å². The van der Waals surface area contributed by atoms with Crippen molar-refractivity contribution in [1.29, 1.82) is 0 Å². The zero-order valence-electron chi connectivity index (χ0n) is 8.42. The molecule has 1 amide bonds. The second-order valence-electron chi connectivity index (χ2n) is 3.84. The van der Waals surface area contributed by atoms with Crippen LogP contribution in [0.1, 0.15) is 36.4 Å². The molecule has 0 aromatic carbocycles. The van der Waals surface area contributed by atoms with Gasteiger partial charge in [0.15, 0.2) is 0 Å². The first-order valence-corrected chi connectivity index (χ1v) is 5.69. The molecule has 1 aromatic heterocycles. The molecule has 2 N–H and O–H groups in total. The van der Waals surface area contributed by atoms with Gasteiger partial charge in [0.1, 0.15) is 5.88 Å². The summed E-state index contributed by atoms with van der Waals surface area (Å²) in [5.74, 6) is 0.491. The van der Waals surface area contributed by atoms with Crippen LogP contribution in [0, 0.1) is 0 Å². The molecular formula is C10H14ClN3O. The molecule has 82 valence electrons. The van der Waals surface area contributed by atoms with Crippen molar-refractivity contribution in [1.82, 2.24) is 15.5 Å². The molecule has 0 radical (unpaired) electrons. The molecule has 1 aliphatic rings. The van der Waals surface area contributed by atoms with Gasteiger partial charge in [0.25, 0.3) is 0 Å². The third kappa shape index (κ3) is 2.31. The average molecular weight is 228 g/mol. The van der Waals surface area contributed by atoms with Gasteiger partial charge in [-0.15, -0.1) is 11.6 Å². The van der Waals surface area contributed by atoms with E-state index < -0.39 is 0 Å². The van der Waals surface area contributed by atoms with Gasteiger partial charge in [-0.1, -0.05) is 6.42 Å². The predicted molar refractivity (Wildman–Crippen MR) is 57.7 cm³/mol. The molecule has 4 nitrogen and oxygen atoms in total. The summed E-state index contributed by atoms with van der Waals surface area (Å²) in [6, 6.07) is 0. The van der Waals surface area contributed by atoms with Crippen molar-refractivity contribution in [2.45, 2.75) is 31.7 Å². The first-order valence-electron chi connectivity index (χ1n) is 5.16. The van der Waals surface area contributed by atoms with Gasteiger partial charge in [0.05, 0.1) is 18.4 Å². The minimum Gasteiger partial charge on any atom is -0.349 e. The first kappa shape index (κ1) is 10.5. The monoisotopic (exact) mass is 227 g/mol. The van der Waals surface area contributed by atoms with E-state index in [4.69, 9.17) is 11.6 Å². The van der Waals surface area contributed by atoms with Crippen LogP contribution in [0.2, 0.25) is 0 Å². The van der Waals surface area contributed by atoms with Crippen LogP contribution in [0.25, 0.3) is 0 Å². The maximum atomic E-state index is 11.0. The third-order valence-corrected chi connectivity index (χ3v) is 3.12. The molecule has 0 atom stereocenters. The Balaban J connectivity index is 1.95. The number of nitrogens with zero attached hydrogens (tertiary/aromatic N) is 1. The molecule has 1 saturated carbocycles. The van der Waals surface area contributed by atoms with Gasteiger partial charge < -0.3 is 5.32 Å². The van der Waals surface area contributed by atoms with E-state index in [2.05, 4.69) is 15.5 Å². The second kappa shape index (κ2) is 4.66. The largest absolute Gasteiger partial charge is 0.349 e. The van der Waals surface area contributed by atoms with Gasteiger partial charge in [-0.3, -0.25) is 9.89 Å². The number of carbonyl (C=O) groups is 1. The van der Waals surface area contributed by atoms with Gasteiger partial charge in [-0.2, -0.15) is 5.10 Å². The molecule has 0 spiro atoms. The van der Waals surface area contributed by atoms with Crippen LogP contribution >= 0.6 is 11.6 Å². The van der Waals surface area contributed by atoms with E-state index >= 15 is 0 Å². The number of hydrogen-bond acceptors (Lipinski definition) is 2. The lowest BCUT2D eigenvalue weighted by Gasteiger charge is -2.25. The number of aromatic amines is 1. The highest BCUT2D eigenvalue weighted by molar-refractivity contribution is 6.27. The van der Waals surface area contributed by atoms with Crippen molar-refractivity contribution in [2.75, 3.05) is 5.88 Å². The molecule has 5 heteroatoms. The van der Waals surface area contributed by atoms with Crippen molar-refractivity contribution in [3.8, 4) is 0 Å². The Morgan fingerprint density at radius 1 is 1.67 bits per heavy atom. The van der Waals surface area contributed by atoms with E-state index in [0.717, 1.165) is 5.69 Å². The minimum atomic E-state index is -0.147. The number of carbonyl (C=O) groups excluding carboxylic acids is 1. The zero-order chi connectivity index (χ0) is 10.7. The number of amides is 1. The quantitative estimate of drug-likeness (QED) is 0.767. The number of hydrogen-bond donors (Lipinski definition) is 2. The van der Waals surface area contributed by atoms with E-state index in [1.165, 1.54) is 24.8 Å². The van der Waals surface area contributed by atoms with E-state index in [-0.39, 0.29) is 11.8 Å². The highest BCUT2D eigenvalue weighted by atomic mass is 35.5. The van der Waals surface area contributed by atoms with Gasteiger partial charge in [0, 0.05) is 0 Å². The number of H-pyrrole nitrogens is 1. The summed E-state index contributed by atoms with van der Waals surface area (Å²) < 4.78 is 0. The Hall–Kier alpha value is -1.03. The highest BCUT2D eigenvalue weighted by Gasteiger charge is 2.23. The molecule has 1 heterocycles. The van der Waals surface area contributed by atoms with Crippen LogP contribution in [0.4, 0.5) is 0 Å². The summed E-state index contributed by atoms with van der Waals surface area (Å²) >= 11 is 5.40. The fraction of sp³-hybridized carbons (Fsp3) is 0.600. The van der Waals surface area contributed by atoms with Crippen LogP contribution in [-0.2, 0) is 11.3 Å². The Kier molecular flexibility index (Phi) is 3.26. The number of aromatic nitrogens is 2. The molecule has 0 bridgehead atoms. The van der Waals surface area contributed by atoms with Crippen LogP contribution < -0.4 is 5.32 Å². The summed E-state index contributed by atoms with van der Waals surface area (Å²) in [6.07, 6.45) is 5.63. The van der Waals surface area contributed by atoms with Crippen LogP contribution in [0.3, 0.4) is 0 Å². The smallest absolute Gasteiger partial charge is 0.235 e. The lowest BCUT2D eigenvalue weighted by atomic mass is 9.80. The molecule has 1 aromatic rings. The summed E-state index contributed by atoms with van der Waals surface area (Å²) in [5, 5.41) is 9.68. The van der Waals surface area contributed by atoms with Crippen LogP contribution in [-0.4, -0.2) is 22.0 Å². The predicted octanol–water partition coefficient (Wildman–Crippen LogP) is 1.53. The highest BCUT2D eigenvalue weighted by Crippen LogP contribution is 2.37. The first-order chi connectivity index (χ1) is 7.31. The lowest BCUT2D eigenvalue weighted by Crippen LogP contribution is -2.25. The van der Waals surface area contributed by atoms with Gasteiger partial charge >= 0.3 is 0 Å². The Morgan fingerprint density at radius 2 is 2.47 bits per heavy atom. The molecule has 0 aliphatic heterocycles. The van der Waals surface area contributed by atoms with E-state index in [0.29, 0.717) is 12.5 Å². The molecular weight excluding hydrogens is 214 g/mol. The van der Waals surface area contributed by atoms with Crippen molar-refractivity contribution in [2.24, 2.45) is 0 Å². The van der Waals surface area contributed by atoms with Gasteiger partial charge in [-0.05, 0) is 24.3 Å². The molecule has 2 rings (SSSR count). The third-order valence-electron chi connectivity index (χ3n) is 2.88. The number of nitrogens with one attached hydrogen (secondary N) is 2. The summed E-state index contributed by atoms with van der Waals surface area (Å²) in [5.41, 5.74) is 2.26. The zero-order valence-corrected chi connectivity index (χ0v) is 9.18. The fourth-order valence-corrected chi connectivity index (χ4v) is 1.86. The second-order valence-corrected chi connectivity index (χ2v) is 4.11. The number of halogens is 1. The Bertz CT molecular complexity index is 346. The topological polar surface area (TPSA) is 57.8 Å². The van der Waals surface area contributed by atoms with E-state index in [9.17, 15) is 4.79 Å².